The molecule has 0 heterocycles. The van der Waals surface area contributed by atoms with Gasteiger partial charge in [-0.1, -0.05) is 77.6 Å². The Bertz CT molecular complexity index is 112. The maximum atomic E-state index is 4.83. The van der Waals surface area contributed by atoms with Gasteiger partial charge >= 0.3 is 0 Å². The summed E-state index contributed by atoms with van der Waals surface area (Å²) in [5, 5.41) is 0. The lowest BCUT2D eigenvalue weighted by Crippen LogP contribution is -1.92. The van der Waals surface area contributed by atoms with Crippen molar-refractivity contribution >= 4 is 0 Å². The molecule has 0 spiro atoms. The minimum Gasteiger partial charge on any atom is -0.240 e. The highest BCUT2D eigenvalue weighted by atomic mass is 17.2. The van der Waals surface area contributed by atoms with E-state index >= 15 is 0 Å². The monoisotopic (exact) mass is 244 g/mol. The third-order valence-electron chi connectivity index (χ3n) is 3.20. The van der Waals surface area contributed by atoms with Crippen LogP contribution in [0.3, 0.4) is 0 Å². The van der Waals surface area contributed by atoms with E-state index in [0.717, 1.165) is 13.0 Å². The van der Waals surface area contributed by atoms with Gasteiger partial charge in [-0.3, -0.25) is 0 Å². The highest BCUT2D eigenvalue weighted by molar-refractivity contribution is 4.48. The number of rotatable bonds is 14. The van der Waals surface area contributed by atoms with Gasteiger partial charge in [-0.15, -0.1) is 0 Å². The summed E-state index contributed by atoms with van der Waals surface area (Å²) in [5.74, 6) is 0. The molecule has 0 aliphatic heterocycles. The number of hydrogen-bond acceptors (Lipinski definition) is 2. The minimum absolute atomic E-state index is 0.744. The van der Waals surface area contributed by atoms with Crippen molar-refractivity contribution in [1.29, 1.82) is 0 Å². The molecule has 0 rings (SSSR count). The molecule has 17 heavy (non-hydrogen) atoms. The third kappa shape index (κ3) is 15.9. The van der Waals surface area contributed by atoms with Crippen molar-refractivity contribution < 1.29 is 9.78 Å². The van der Waals surface area contributed by atoms with Gasteiger partial charge in [0.15, 0.2) is 0 Å². The van der Waals surface area contributed by atoms with E-state index in [-0.39, 0.29) is 0 Å². The van der Waals surface area contributed by atoms with E-state index in [2.05, 4.69) is 11.8 Å². The Kier molecular flexibility index (Phi) is 15.8. The summed E-state index contributed by atoms with van der Waals surface area (Å²) in [6, 6.07) is 0. The maximum absolute atomic E-state index is 4.83. The number of hydrogen-bond donors (Lipinski definition) is 0. The molecule has 0 aromatic heterocycles. The first-order chi connectivity index (χ1) is 8.41. The zero-order valence-electron chi connectivity index (χ0n) is 12.0. The van der Waals surface area contributed by atoms with E-state index < -0.39 is 0 Å². The van der Waals surface area contributed by atoms with Crippen molar-refractivity contribution in [3.8, 4) is 0 Å². The topological polar surface area (TPSA) is 18.5 Å². The molecule has 0 atom stereocenters. The van der Waals surface area contributed by atoms with Crippen LogP contribution in [0.25, 0.3) is 0 Å². The molecule has 0 saturated carbocycles. The van der Waals surface area contributed by atoms with Gasteiger partial charge in [-0.05, 0) is 6.42 Å². The van der Waals surface area contributed by atoms with Gasteiger partial charge in [0, 0.05) is 0 Å². The van der Waals surface area contributed by atoms with Gasteiger partial charge in [0.25, 0.3) is 0 Å². The highest BCUT2D eigenvalue weighted by Crippen LogP contribution is 2.11. The zero-order chi connectivity index (χ0) is 12.6. The predicted octanol–water partition coefficient (Wildman–Crippen LogP) is 5.27. The van der Waals surface area contributed by atoms with Crippen molar-refractivity contribution in [3.05, 3.63) is 0 Å². The Morgan fingerprint density at radius 3 is 1.41 bits per heavy atom. The summed E-state index contributed by atoms with van der Waals surface area (Å²) in [7, 11) is 1.57. The normalized spacial score (nSPS) is 10.9. The SMILES string of the molecule is CCCCCCCCCCCCCCOOC. The highest BCUT2D eigenvalue weighted by Gasteiger charge is 1.93. The molecule has 0 aliphatic carbocycles. The van der Waals surface area contributed by atoms with E-state index in [1.54, 1.807) is 7.11 Å². The lowest BCUT2D eigenvalue weighted by atomic mass is 10.1. The summed E-state index contributed by atoms with van der Waals surface area (Å²) in [5.41, 5.74) is 0. The zero-order valence-corrected chi connectivity index (χ0v) is 12.0. The molecule has 0 aromatic rings. The summed E-state index contributed by atoms with van der Waals surface area (Å²) in [6.07, 6.45) is 16.5. The molecule has 0 saturated heterocycles. The molecule has 0 N–H and O–H groups in total. The van der Waals surface area contributed by atoms with Crippen molar-refractivity contribution in [2.24, 2.45) is 0 Å². The Balaban J connectivity index is 2.85. The Labute approximate surface area is 108 Å². The first kappa shape index (κ1) is 16.9. The molecule has 0 aromatic carbocycles. The summed E-state index contributed by atoms with van der Waals surface area (Å²) in [4.78, 5) is 9.37. The summed E-state index contributed by atoms with van der Waals surface area (Å²) >= 11 is 0. The van der Waals surface area contributed by atoms with Crippen LogP contribution < -0.4 is 0 Å². The molecular formula is C15H32O2. The summed E-state index contributed by atoms with van der Waals surface area (Å²) in [6.45, 7) is 3.02. The van der Waals surface area contributed by atoms with E-state index in [9.17, 15) is 0 Å². The quantitative estimate of drug-likeness (QED) is 0.235. The molecule has 104 valence electrons. The van der Waals surface area contributed by atoms with Gasteiger partial charge < -0.3 is 0 Å². The van der Waals surface area contributed by atoms with Crippen molar-refractivity contribution in [2.75, 3.05) is 13.7 Å². The molecular weight excluding hydrogens is 212 g/mol. The fourth-order valence-corrected chi connectivity index (χ4v) is 2.09. The Hall–Kier alpha value is -0.0800. The Morgan fingerprint density at radius 2 is 1.00 bits per heavy atom. The van der Waals surface area contributed by atoms with Gasteiger partial charge in [0.05, 0.1) is 13.7 Å². The average Bonchev–Trinajstić information content (AvgIpc) is 2.35. The van der Waals surface area contributed by atoms with Crippen molar-refractivity contribution in [2.45, 2.75) is 84.0 Å². The van der Waals surface area contributed by atoms with Crippen molar-refractivity contribution in [3.63, 3.8) is 0 Å². The van der Waals surface area contributed by atoms with E-state index in [4.69, 9.17) is 4.89 Å². The second-order valence-electron chi connectivity index (χ2n) is 4.88. The van der Waals surface area contributed by atoms with Gasteiger partial charge in [-0.2, -0.15) is 0 Å². The van der Waals surface area contributed by atoms with Gasteiger partial charge in [-0.25, -0.2) is 9.78 Å². The van der Waals surface area contributed by atoms with E-state index in [0.29, 0.717) is 0 Å². The molecule has 0 radical (unpaired) electrons. The Morgan fingerprint density at radius 1 is 0.588 bits per heavy atom. The second-order valence-corrected chi connectivity index (χ2v) is 4.88. The second kappa shape index (κ2) is 15.9. The largest absolute Gasteiger partial charge is 0.240 e. The van der Waals surface area contributed by atoms with Crippen LogP contribution in [0.2, 0.25) is 0 Å². The van der Waals surface area contributed by atoms with Crippen LogP contribution in [-0.2, 0) is 9.78 Å². The predicted molar refractivity (Wildman–Crippen MR) is 74.0 cm³/mol. The molecule has 2 heteroatoms. The first-order valence-electron chi connectivity index (χ1n) is 7.57. The molecule has 0 amide bonds. The lowest BCUT2D eigenvalue weighted by Gasteiger charge is -2.02. The number of unbranched alkanes of at least 4 members (excludes halogenated alkanes) is 11. The lowest BCUT2D eigenvalue weighted by molar-refractivity contribution is -0.272. The molecule has 0 bridgehead atoms. The summed E-state index contributed by atoms with van der Waals surface area (Å²) < 4.78 is 0. The third-order valence-corrected chi connectivity index (χ3v) is 3.20. The fraction of sp³-hybridized carbons (Fsp3) is 1.00. The minimum atomic E-state index is 0.744. The molecule has 0 fully saturated rings. The first-order valence-corrected chi connectivity index (χ1v) is 7.57. The van der Waals surface area contributed by atoms with E-state index in [1.165, 1.54) is 70.6 Å². The van der Waals surface area contributed by atoms with E-state index in [1.807, 2.05) is 0 Å². The fourth-order valence-electron chi connectivity index (χ4n) is 2.09. The molecule has 0 unspecified atom stereocenters. The van der Waals surface area contributed by atoms with Crippen LogP contribution in [0.4, 0.5) is 0 Å². The maximum Gasteiger partial charge on any atom is 0.0822 e. The standard InChI is InChI=1S/C15H32O2/c1-3-4-5-6-7-8-9-10-11-12-13-14-15-17-16-2/h3-15H2,1-2H3. The van der Waals surface area contributed by atoms with Crippen LogP contribution in [0.5, 0.6) is 0 Å². The van der Waals surface area contributed by atoms with Gasteiger partial charge in [0.1, 0.15) is 0 Å². The van der Waals surface area contributed by atoms with Crippen LogP contribution in [0, 0.1) is 0 Å². The van der Waals surface area contributed by atoms with Crippen molar-refractivity contribution in [1.82, 2.24) is 0 Å². The van der Waals surface area contributed by atoms with Crippen LogP contribution in [0.1, 0.15) is 84.0 Å². The van der Waals surface area contributed by atoms with Crippen LogP contribution >= 0.6 is 0 Å². The van der Waals surface area contributed by atoms with Crippen LogP contribution in [-0.4, -0.2) is 13.7 Å². The molecule has 2 nitrogen and oxygen atoms in total. The van der Waals surface area contributed by atoms with Gasteiger partial charge in [0.2, 0.25) is 0 Å². The molecule has 0 aliphatic rings. The van der Waals surface area contributed by atoms with Crippen LogP contribution in [0.15, 0.2) is 0 Å². The average molecular weight is 244 g/mol. The smallest absolute Gasteiger partial charge is 0.0822 e.